The van der Waals surface area contributed by atoms with Gasteiger partial charge in [0, 0.05) is 41.1 Å². The second kappa shape index (κ2) is 5.43. The summed E-state index contributed by atoms with van der Waals surface area (Å²) in [5.74, 6) is 1.17. The Labute approximate surface area is 124 Å². The van der Waals surface area contributed by atoms with Gasteiger partial charge in [0.15, 0.2) is 0 Å². The Hall–Kier alpha value is -0.970. The van der Waals surface area contributed by atoms with E-state index >= 15 is 0 Å². The molecule has 0 spiro atoms. The molecule has 2 aromatic rings. The van der Waals surface area contributed by atoms with E-state index in [0.29, 0.717) is 11.3 Å². The van der Waals surface area contributed by atoms with Crippen LogP contribution in [0.25, 0.3) is 11.0 Å². The third-order valence-corrected chi connectivity index (χ3v) is 5.29. The van der Waals surface area contributed by atoms with Crippen molar-refractivity contribution in [2.45, 2.75) is 24.6 Å². The fourth-order valence-electron chi connectivity index (χ4n) is 3.05. The molecular formula is C16H22N2OS. The van der Waals surface area contributed by atoms with Gasteiger partial charge < -0.3 is 10.2 Å². The first-order chi connectivity index (χ1) is 9.61. The smallest absolute Gasteiger partial charge is 0.134 e. The zero-order valence-corrected chi connectivity index (χ0v) is 13.0. The molecule has 1 aromatic carbocycles. The summed E-state index contributed by atoms with van der Waals surface area (Å²) in [6.07, 6.45) is 1.89. The van der Waals surface area contributed by atoms with Crippen molar-refractivity contribution >= 4 is 22.7 Å². The van der Waals surface area contributed by atoms with Gasteiger partial charge in [-0.2, -0.15) is 11.8 Å². The zero-order chi connectivity index (χ0) is 14.2. The molecule has 4 heteroatoms. The highest BCUT2D eigenvalue weighted by Gasteiger charge is 2.32. The Kier molecular flexibility index (Phi) is 3.80. The van der Waals surface area contributed by atoms with Crippen LogP contribution in [0.4, 0.5) is 0 Å². The van der Waals surface area contributed by atoms with Crippen LogP contribution in [0.3, 0.4) is 0 Å². The topological polar surface area (TPSA) is 42.4 Å². The lowest BCUT2D eigenvalue weighted by atomic mass is 10.0. The quantitative estimate of drug-likeness (QED) is 0.942. The van der Waals surface area contributed by atoms with E-state index in [1.807, 2.05) is 30.2 Å². The van der Waals surface area contributed by atoms with Gasteiger partial charge in [0.2, 0.25) is 0 Å². The number of rotatable bonds is 3. The third kappa shape index (κ3) is 2.60. The Bertz CT molecular complexity index is 593. The molecule has 1 atom stereocenters. The molecule has 1 aliphatic heterocycles. The lowest BCUT2D eigenvalue weighted by molar-refractivity contribution is 0.192. The average Bonchev–Trinajstić information content (AvgIpc) is 2.83. The van der Waals surface area contributed by atoms with Crippen LogP contribution in [0.2, 0.25) is 0 Å². The molecule has 1 fully saturated rings. The molecule has 1 unspecified atom stereocenters. The molecule has 20 heavy (non-hydrogen) atoms. The van der Waals surface area contributed by atoms with Gasteiger partial charge in [-0.15, -0.1) is 0 Å². The molecule has 0 amide bonds. The van der Waals surface area contributed by atoms with E-state index in [-0.39, 0.29) is 6.04 Å². The largest absolute Gasteiger partial charge is 0.464 e. The molecule has 3 nitrogen and oxygen atoms in total. The molecule has 0 radical (unpaired) electrons. The molecule has 2 N–H and O–H groups in total. The number of hydrogen-bond acceptors (Lipinski definition) is 4. The van der Waals surface area contributed by atoms with Crippen molar-refractivity contribution in [3.05, 3.63) is 36.1 Å². The highest BCUT2D eigenvalue weighted by molar-refractivity contribution is 8.00. The normalized spacial score (nSPS) is 21.1. The van der Waals surface area contributed by atoms with Crippen molar-refractivity contribution < 1.29 is 4.42 Å². The highest BCUT2D eigenvalue weighted by Crippen LogP contribution is 2.36. The predicted octanol–water partition coefficient (Wildman–Crippen LogP) is 3.26. The standard InChI is InChI=1S/C16H22N2OS/c1-16(2)11-18(7-8-20-16)14(9-17)13-10-19-15-6-4-3-5-12(13)15/h3-6,10,14H,7-9,11,17H2,1-2H3. The number of thioether (sulfide) groups is 1. The maximum atomic E-state index is 6.08. The Balaban J connectivity index is 1.93. The van der Waals surface area contributed by atoms with Crippen LogP contribution >= 0.6 is 11.8 Å². The minimum atomic E-state index is 0.249. The van der Waals surface area contributed by atoms with Crippen LogP contribution < -0.4 is 5.73 Å². The number of nitrogens with zero attached hydrogens (tertiary/aromatic N) is 1. The summed E-state index contributed by atoms with van der Waals surface area (Å²) >= 11 is 2.05. The minimum absolute atomic E-state index is 0.249. The van der Waals surface area contributed by atoms with Gasteiger partial charge >= 0.3 is 0 Å². The van der Waals surface area contributed by atoms with Crippen molar-refractivity contribution in [2.24, 2.45) is 5.73 Å². The van der Waals surface area contributed by atoms with Crippen molar-refractivity contribution in [3.63, 3.8) is 0 Å². The summed E-state index contributed by atoms with van der Waals surface area (Å²) in [5.41, 5.74) is 8.26. The Morgan fingerprint density at radius 1 is 1.40 bits per heavy atom. The predicted molar refractivity (Wildman–Crippen MR) is 86.1 cm³/mol. The molecule has 3 rings (SSSR count). The van der Waals surface area contributed by atoms with Crippen molar-refractivity contribution in [1.82, 2.24) is 4.90 Å². The van der Waals surface area contributed by atoms with Gasteiger partial charge in [-0.3, -0.25) is 4.90 Å². The fraction of sp³-hybridized carbons (Fsp3) is 0.500. The number of para-hydroxylation sites is 1. The first-order valence-electron chi connectivity index (χ1n) is 7.15. The molecule has 1 aliphatic rings. The summed E-state index contributed by atoms with van der Waals surface area (Å²) < 4.78 is 5.98. The van der Waals surface area contributed by atoms with Crippen LogP contribution in [0.15, 0.2) is 34.9 Å². The van der Waals surface area contributed by atoms with Gasteiger partial charge in [-0.1, -0.05) is 18.2 Å². The van der Waals surface area contributed by atoms with Crippen molar-refractivity contribution in [3.8, 4) is 0 Å². The van der Waals surface area contributed by atoms with Gasteiger partial charge in [0.1, 0.15) is 5.58 Å². The zero-order valence-electron chi connectivity index (χ0n) is 12.1. The average molecular weight is 290 g/mol. The molecule has 0 aliphatic carbocycles. The number of nitrogens with two attached hydrogens (primary N) is 1. The molecule has 108 valence electrons. The van der Waals surface area contributed by atoms with Crippen molar-refractivity contribution in [2.75, 3.05) is 25.4 Å². The van der Waals surface area contributed by atoms with E-state index in [2.05, 4.69) is 30.9 Å². The monoisotopic (exact) mass is 290 g/mol. The highest BCUT2D eigenvalue weighted by atomic mass is 32.2. The summed E-state index contributed by atoms with van der Waals surface area (Å²) in [6.45, 7) is 7.41. The SMILES string of the molecule is CC1(C)CN(C(CN)c2coc3ccccc23)CCS1. The number of benzene rings is 1. The number of furan rings is 1. The van der Waals surface area contributed by atoms with Gasteiger partial charge in [-0.05, 0) is 19.9 Å². The van der Waals surface area contributed by atoms with Crippen molar-refractivity contribution in [1.29, 1.82) is 0 Å². The van der Waals surface area contributed by atoms with Crippen LogP contribution in [0, 0.1) is 0 Å². The first kappa shape index (κ1) is 14.0. The van der Waals surface area contributed by atoms with E-state index < -0.39 is 0 Å². The van der Waals surface area contributed by atoms with E-state index in [9.17, 15) is 0 Å². The fourth-order valence-corrected chi connectivity index (χ4v) is 4.18. The van der Waals surface area contributed by atoms with Crippen LogP contribution in [-0.4, -0.2) is 35.0 Å². The van der Waals surface area contributed by atoms with E-state index in [4.69, 9.17) is 10.2 Å². The summed E-state index contributed by atoms with van der Waals surface area (Å²) in [5, 5.41) is 1.19. The molecule has 1 aromatic heterocycles. The van der Waals surface area contributed by atoms with Crippen LogP contribution in [-0.2, 0) is 0 Å². The molecule has 1 saturated heterocycles. The second-order valence-corrected chi connectivity index (χ2v) is 7.82. The minimum Gasteiger partial charge on any atom is -0.464 e. The third-order valence-electron chi connectivity index (χ3n) is 3.99. The molecule has 0 saturated carbocycles. The lowest BCUT2D eigenvalue weighted by Crippen LogP contribution is -2.46. The van der Waals surface area contributed by atoms with Crippen LogP contribution in [0.1, 0.15) is 25.5 Å². The summed E-state index contributed by atoms with van der Waals surface area (Å²) in [4.78, 5) is 2.51. The lowest BCUT2D eigenvalue weighted by Gasteiger charge is -2.41. The first-order valence-corrected chi connectivity index (χ1v) is 8.13. The Morgan fingerprint density at radius 3 is 2.95 bits per heavy atom. The second-order valence-electron chi connectivity index (χ2n) is 6.02. The van der Waals surface area contributed by atoms with E-state index in [1.54, 1.807) is 0 Å². The van der Waals surface area contributed by atoms with Crippen LogP contribution in [0.5, 0.6) is 0 Å². The number of hydrogen-bond donors (Lipinski definition) is 1. The summed E-state index contributed by atoms with van der Waals surface area (Å²) in [6, 6.07) is 8.46. The van der Waals surface area contributed by atoms with E-state index in [0.717, 1.165) is 18.7 Å². The molecular weight excluding hydrogens is 268 g/mol. The maximum absolute atomic E-state index is 6.08. The maximum Gasteiger partial charge on any atom is 0.134 e. The summed E-state index contributed by atoms with van der Waals surface area (Å²) in [7, 11) is 0. The van der Waals surface area contributed by atoms with Gasteiger partial charge in [-0.25, -0.2) is 0 Å². The number of fused-ring (bicyclic) bond motifs is 1. The Morgan fingerprint density at radius 2 is 2.20 bits per heavy atom. The van der Waals surface area contributed by atoms with Gasteiger partial charge in [0.25, 0.3) is 0 Å². The molecule has 0 bridgehead atoms. The van der Waals surface area contributed by atoms with E-state index in [1.165, 1.54) is 16.7 Å². The van der Waals surface area contributed by atoms with Gasteiger partial charge in [0.05, 0.1) is 12.3 Å². The molecule has 2 heterocycles.